The number of benzene rings is 2. The maximum atomic E-state index is 11.8. The van der Waals surface area contributed by atoms with Crippen LogP contribution in [0.25, 0.3) is 0 Å². The largest absolute Gasteiger partial charge is 0.508 e. The number of aliphatic hydroxyl groups is 1. The van der Waals surface area contributed by atoms with E-state index in [4.69, 9.17) is 16.9 Å². The quantitative estimate of drug-likeness (QED) is 0.410. The van der Waals surface area contributed by atoms with Gasteiger partial charge in [-0.1, -0.05) is 42.5 Å². The predicted molar refractivity (Wildman–Crippen MR) is 77.8 cm³/mol. The van der Waals surface area contributed by atoms with Crippen LogP contribution in [0.3, 0.4) is 0 Å². The van der Waals surface area contributed by atoms with E-state index in [0.717, 1.165) is 0 Å². The van der Waals surface area contributed by atoms with Crippen LogP contribution < -0.4 is 11.5 Å². The smallest absolute Gasteiger partial charge is 0.258 e. The van der Waals surface area contributed by atoms with Crippen molar-refractivity contribution in [1.82, 2.24) is 0 Å². The molecule has 7 N–H and O–H groups in total. The van der Waals surface area contributed by atoms with Gasteiger partial charge in [-0.2, -0.15) is 0 Å². The van der Waals surface area contributed by atoms with Gasteiger partial charge in [-0.15, -0.1) is 0 Å². The summed E-state index contributed by atoms with van der Waals surface area (Å²) in [4.78, 5) is 11.8. The van der Waals surface area contributed by atoms with E-state index in [1.54, 1.807) is 18.2 Å². The molecule has 0 fully saturated rings. The molecule has 0 heterocycles. The number of rotatable bonds is 4. The molecule has 108 valence electrons. The molecule has 21 heavy (non-hydrogen) atoms. The van der Waals surface area contributed by atoms with Crippen LogP contribution in [0.5, 0.6) is 5.75 Å². The molecular weight excluding hydrogens is 270 g/mol. The van der Waals surface area contributed by atoms with E-state index in [9.17, 15) is 15.0 Å². The number of phenolic OH excluding ortho intramolecular Hbond substituents is 1. The van der Waals surface area contributed by atoms with Crippen molar-refractivity contribution in [2.24, 2.45) is 11.5 Å². The summed E-state index contributed by atoms with van der Waals surface area (Å²) in [6, 6.07) is 12.0. The van der Waals surface area contributed by atoms with Gasteiger partial charge in [0.1, 0.15) is 11.6 Å². The van der Waals surface area contributed by atoms with Crippen molar-refractivity contribution in [3.05, 3.63) is 65.2 Å². The Balaban J connectivity index is 2.65. The Morgan fingerprint density at radius 1 is 1.10 bits per heavy atom. The monoisotopic (exact) mass is 285 g/mol. The molecule has 0 spiro atoms. The third-order valence-corrected chi connectivity index (χ3v) is 3.25. The molecule has 1 atom stereocenters. The number of primary amides is 1. The highest BCUT2D eigenvalue weighted by molar-refractivity contribution is 5.96. The van der Waals surface area contributed by atoms with Crippen LogP contribution in [-0.2, 0) is 10.4 Å². The van der Waals surface area contributed by atoms with Crippen LogP contribution in [0.15, 0.2) is 48.5 Å². The van der Waals surface area contributed by atoms with E-state index in [-0.39, 0.29) is 28.3 Å². The Morgan fingerprint density at radius 2 is 1.71 bits per heavy atom. The van der Waals surface area contributed by atoms with Crippen molar-refractivity contribution in [3.63, 3.8) is 0 Å². The summed E-state index contributed by atoms with van der Waals surface area (Å²) in [7, 11) is 0. The normalized spacial score (nSPS) is 13.4. The molecule has 0 aromatic heterocycles. The number of hydrogen-bond acceptors (Lipinski definition) is 4. The minimum absolute atomic E-state index is 0.0637. The molecule has 2 aromatic carbocycles. The molecule has 0 aliphatic rings. The lowest BCUT2D eigenvalue weighted by Gasteiger charge is -2.26. The number of nitrogens with one attached hydrogen (secondary N) is 1. The minimum Gasteiger partial charge on any atom is -0.508 e. The van der Waals surface area contributed by atoms with Gasteiger partial charge in [-0.3, -0.25) is 10.2 Å². The average Bonchev–Trinajstić information content (AvgIpc) is 2.47. The van der Waals surface area contributed by atoms with Crippen LogP contribution in [-0.4, -0.2) is 22.0 Å². The van der Waals surface area contributed by atoms with Gasteiger partial charge < -0.3 is 21.7 Å². The number of amidine groups is 1. The number of hydrogen-bond donors (Lipinski definition) is 5. The average molecular weight is 285 g/mol. The molecule has 1 unspecified atom stereocenters. The van der Waals surface area contributed by atoms with Gasteiger partial charge in [0, 0.05) is 11.1 Å². The number of carbonyl (C=O) groups excluding carboxylic acids is 1. The molecule has 1 amide bonds. The number of amides is 1. The minimum atomic E-state index is -2.17. The van der Waals surface area contributed by atoms with Crippen LogP contribution in [0.1, 0.15) is 16.7 Å². The molecule has 0 radical (unpaired) electrons. The van der Waals surface area contributed by atoms with Crippen LogP contribution in [0.4, 0.5) is 0 Å². The van der Waals surface area contributed by atoms with Gasteiger partial charge in [-0.05, 0) is 11.6 Å². The van der Waals surface area contributed by atoms with Crippen molar-refractivity contribution in [2.75, 3.05) is 0 Å². The summed E-state index contributed by atoms with van der Waals surface area (Å²) < 4.78 is 0. The van der Waals surface area contributed by atoms with E-state index in [1.807, 2.05) is 0 Å². The number of nitrogen functional groups attached to an aromatic ring is 1. The van der Waals surface area contributed by atoms with Gasteiger partial charge in [0.15, 0.2) is 5.60 Å². The van der Waals surface area contributed by atoms with E-state index >= 15 is 0 Å². The lowest BCUT2D eigenvalue weighted by atomic mass is 9.84. The lowest BCUT2D eigenvalue weighted by Crippen LogP contribution is -2.42. The maximum Gasteiger partial charge on any atom is 0.258 e. The fraction of sp³-hybridized carbons (Fsp3) is 0.0667. The molecule has 2 aromatic rings. The molecule has 6 nitrogen and oxygen atoms in total. The molecule has 0 aliphatic carbocycles. The molecular formula is C15H15N3O3. The molecule has 0 saturated heterocycles. The van der Waals surface area contributed by atoms with Crippen LogP contribution in [0, 0.1) is 5.41 Å². The first-order valence-corrected chi connectivity index (χ1v) is 6.13. The van der Waals surface area contributed by atoms with E-state index in [1.165, 1.54) is 30.3 Å². The molecule has 6 heteroatoms. The van der Waals surface area contributed by atoms with Crippen molar-refractivity contribution in [2.45, 2.75) is 5.60 Å². The van der Waals surface area contributed by atoms with Crippen LogP contribution in [0.2, 0.25) is 0 Å². The summed E-state index contributed by atoms with van der Waals surface area (Å²) in [6.45, 7) is 0. The summed E-state index contributed by atoms with van der Waals surface area (Å²) in [5, 5.41) is 28.1. The first-order chi connectivity index (χ1) is 9.87. The van der Waals surface area contributed by atoms with Crippen molar-refractivity contribution < 1.29 is 15.0 Å². The standard InChI is InChI=1S/C15H15N3O3/c16-13(17)9-6-7-11(12(19)8-9)15(21,14(18)20)10-4-2-1-3-5-10/h1-8,19,21H,(H3,16,17)(H2,18,20). The zero-order valence-electron chi connectivity index (χ0n) is 11.1. The summed E-state index contributed by atoms with van der Waals surface area (Å²) in [6.07, 6.45) is 0. The van der Waals surface area contributed by atoms with E-state index in [0.29, 0.717) is 0 Å². The van der Waals surface area contributed by atoms with Gasteiger partial charge >= 0.3 is 0 Å². The number of nitrogens with two attached hydrogens (primary N) is 2. The Labute approximate surface area is 121 Å². The van der Waals surface area contributed by atoms with E-state index < -0.39 is 11.5 Å². The maximum absolute atomic E-state index is 11.8. The fourth-order valence-electron chi connectivity index (χ4n) is 2.11. The summed E-state index contributed by atoms with van der Waals surface area (Å²) in [5.41, 5.74) is 8.95. The van der Waals surface area contributed by atoms with Gasteiger partial charge in [0.2, 0.25) is 0 Å². The molecule has 0 aliphatic heterocycles. The summed E-state index contributed by atoms with van der Waals surface area (Å²) >= 11 is 0. The fourth-order valence-corrected chi connectivity index (χ4v) is 2.11. The highest BCUT2D eigenvalue weighted by atomic mass is 16.3. The van der Waals surface area contributed by atoms with Crippen LogP contribution >= 0.6 is 0 Å². The Kier molecular flexibility index (Phi) is 3.64. The second kappa shape index (κ2) is 5.26. The van der Waals surface area contributed by atoms with Crippen molar-refractivity contribution >= 4 is 11.7 Å². The number of phenols is 1. The highest BCUT2D eigenvalue weighted by Crippen LogP contribution is 2.35. The zero-order chi connectivity index (χ0) is 15.6. The number of aromatic hydroxyl groups is 1. The first kappa shape index (κ1) is 14.5. The highest BCUT2D eigenvalue weighted by Gasteiger charge is 2.40. The summed E-state index contributed by atoms with van der Waals surface area (Å²) in [5.74, 6) is -1.62. The van der Waals surface area contributed by atoms with Crippen molar-refractivity contribution in [3.8, 4) is 5.75 Å². The molecule has 0 bridgehead atoms. The van der Waals surface area contributed by atoms with Gasteiger partial charge in [0.05, 0.1) is 0 Å². The lowest BCUT2D eigenvalue weighted by molar-refractivity contribution is -0.133. The van der Waals surface area contributed by atoms with Gasteiger partial charge in [0.25, 0.3) is 5.91 Å². The molecule has 2 rings (SSSR count). The van der Waals surface area contributed by atoms with Gasteiger partial charge in [-0.25, -0.2) is 0 Å². The zero-order valence-corrected chi connectivity index (χ0v) is 11.1. The Hall–Kier alpha value is -2.86. The topological polar surface area (TPSA) is 133 Å². The number of carbonyl (C=O) groups is 1. The second-order valence-electron chi connectivity index (χ2n) is 4.59. The SMILES string of the molecule is N=C(N)c1ccc(C(O)(C(N)=O)c2ccccc2)c(O)c1. The Morgan fingerprint density at radius 3 is 2.19 bits per heavy atom. The van der Waals surface area contributed by atoms with E-state index in [2.05, 4.69) is 0 Å². The van der Waals surface area contributed by atoms with Crippen molar-refractivity contribution in [1.29, 1.82) is 5.41 Å². The second-order valence-corrected chi connectivity index (χ2v) is 4.59. The predicted octanol–water partition coefficient (Wildman–Crippen LogP) is 0.397. The first-order valence-electron chi connectivity index (χ1n) is 6.13. The Bertz CT molecular complexity index is 701. The third-order valence-electron chi connectivity index (χ3n) is 3.25. The molecule has 0 saturated carbocycles. The third kappa shape index (κ3) is 2.44.